The van der Waals surface area contributed by atoms with E-state index in [1.807, 2.05) is 0 Å². The first-order chi connectivity index (χ1) is 12.0. The number of carbonyl (C=O) groups excluding carboxylic acids is 1. The summed E-state index contributed by atoms with van der Waals surface area (Å²) in [6.45, 7) is 0.267. The Balaban J connectivity index is 1.60. The van der Waals surface area contributed by atoms with Crippen LogP contribution in [0.15, 0.2) is 53.6 Å². The van der Waals surface area contributed by atoms with Crippen LogP contribution >= 0.6 is 23.2 Å². The minimum Gasteiger partial charge on any atom is -0.370 e. The molecule has 25 heavy (non-hydrogen) atoms. The van der Waals surface area contributed by atoms with Crippen molar-refractivity contribution in [3.05, 3.63) is 74.8 Å². The Morgan fingerprint density at radius 1 is 1.16 bits per heavy atom. The molecule has 2 N–H and O–H groups in total. The highest BCUT2D eigenvalue weighted by Gasteiger charge is 2.07. The third-order valence-corrected chi connectivity index (χ3v) is 4.27. The molecule has 0 radical (unpaired) electrons. The summed E-state index contributed by atoms with van der Waals surface area (Å²) >= 11 is 11.8. The second-order valence-corrected chi connectivity index (χ2v) is 6.10. The molecule has 2 heterocycles. The Bertz CT molecular complexity index is 988. The van der Waals surface area contributed by atoms with E-state index in [1.165, 1.54) is 10.6 Å². The maximum atomic E-state index is 12.3. The summed E-state index contributed by atoms with van der Waals surface area (Å²) in [5.41, 5.74) is 1.37. The van der Waals surface area contributed by atoms with Gasteiger partial charge in [0, 0.05) is 12.7 Å². The van der Waals surface area contributed by atoms with Crippen LogP contribution in [0.1, 0.15) is 5.56 Å². The number of amides is 1. The quantitative estimate of drug-likeness (QED) is 0.717. The Hall–Kier alpha value is -2.57. The first kappa shape index (κ1) is 17.3. The van der Waals surface area contributed by atoms with Crippen LogP contribution in [0.2, 0.25) is 10.0 Å². The van der Waals surface area contributed by atoms with Gasteiger partial charge in [0.15, 0.2) is 0 Å². The standard InChI is InChI=1S/C17H14Cl2N4O2/c18-12-5-4-11(7-13(12)19)8-22-16(24)10-20-14-9-21-15-3-1-2-6-23(15)17(14)25/h1-7,9,20H,8,10H2,(H,22,24). The molecule has 0 unspecified atom stereocenters. The highest BCUT2D eigenvalue weighted by Crippen LogP contribution is 2.22. The van der Waals surface area contributed by atoms with E-state index >= 15 is 0 Å². The SMILES string of the molecule is O=C(CNc1cnc2ccccn2c1=O)NCc1ccc(Cl)c(Cl)c1. The van der Waals surface area contributed by atoms with E-state index in [9.17, 15) is 9.59 Å². The highest BCUT2D eigenvalue weighted by atomic mass is 35.5. The summed E-state index contributed by atoms with van der Waals surface area (Å²) in [7, 11) is 0. The second-order valence-electron chi connectivity index (χ2n) is 5.28. The van der Waals surface area contributed by atoms with Crippen LogP contribution in [0.3, 0.4) is 0 Å². The lowest BCUT2D eigenvalue weighted by Crippen LogP contribution is -2.31. The number of aromatic nitrogens is 2. The first-order valence-electron chi connectivity index (χ1n) is 7.45. The molecule has 0 aliphatic rings. The molecule has 2 aromatic heterocycles. The van der Waals surface area contributed by atoms with Crippen molar-refractivity contribution < 1.29 is 4.79 Å². The lowest BCUT2D eigenvalue weighted by Gasteiger charge is -2.09. The summed E-state index contributed by atoms with van der Waals surface area (Å²) < 4.78 is 1.41. The van der Waals surface area contributed by atoms with Crippen LogP contribution in [-0.4, -0.2) is 21.8 Å². The van der Waals surface area contributed by atoms with Crippen molar-refractivity contribution in [3.8, 4) is 0 Å². The summed E-state index contributed by atoms with van der Waals surface area (Å²) in [6.07, 6.45) is 3.05. The largest absolute Gasteiger partial charge is 0.370 e. The van der Waals surface area contributed by atoms with Gasteiger partial charge in [0.25, 0.3) is 5.56 Å². The van der Waals surface area contributed by atoms with Gasteiger partial charge in [-0.2, -0.15) is 0 Å². The molecule has 0 aliphatic carbocycles. The number of nitrogens with one attached hydrogen (secondary N) is 2. The van der Waals surface area contributed by atoms with Gasteiger partial charge >= 0.3 is 0 Å². The van der Waals surface area contributed by atoms with E-state index in [-0.39, 0.29) is 23.7 Å². The Morgan fingerprint density at radius 3 is 2.80 bits per heavy atom. The molecule has 0 saturated carbocycles. The number of hydrogen-bond donors (Lipinski definition) is 2. The molecule has 1 aromatic carbocycles. The summed E-state index contributed by atoms with van der Waals surface area (Å²) in [5.74, 6) is -0.261. The van der Waals surface area contributed by atoms with Crippen LogP contribution in [0.4, 0.5) is 5.69 Å². The summed E-state index contributed by atoms with van der Waals surface area (Å²) in [5, 5.41) is 6.44. The average molecular weight is 377 g/mol. The monoisotopic (exact) mass is 376 g/mol. The molecule has 0 spiro atoms. The van der Waals surface area contributed by atoms with Crippen molar-refractivity contribution >= 4 is 40.4 Å². The van der Waals surface area contributed by atoms with Crippen LogP contribution in [-0.2, 0) is 11.3 Å². The van der Waals surface area contributed by atoms with Crippen LogP contribution in [0, 0.1) is 0 Å². The number of fused-ring (bicyclic) bond motifs is 1. The molecule has 0 bridgehead atoms. The topological polar surface area (TPSA) is 75.5 Å². The van der Waals surface area contributed by atoms with E-state index in [2.05, 4.69) is 15.6 Å². The Morgan fingerprint density at radius 2 is 2.00 bits per heavy atom. The molecule has 8 heteroatoms. The predicted molar refractivity (Wildman–Crippen MR) is 98.3 cm³/mol. The van der Waals surface area contributed by atoms with Crippen molar-refractivity contribution in [3.63, 3.8) is 0 Å². The second kappa shape index (κ2) is 7.55. The van der Waals surface area contributed by atoms with Crippen molar-refractivity contribution in [2.45, 2.75) is 6.54 Å². The van der Waals surface area contributed by atoms with Crippen molar-refractivity contribution in [1.82, 2.24) is 14.7 Å². The van der Waals surface area contributed by atoms with Crippen LogP contribution in [0.5, 0.6) is 0 Å². The van der Waals surface area contributed by atoms with Crippen LogP contribution < -0.4 is 16.2 Å². The zero-order chi connectivity index (χ0) is 17.8. The number of anilines is 1. The molecule has 1 amide bonds. The smallest absolute Gasteiger partial charge is 0.281 e. The third kappa shape index (κ3) is 4.10. The van der Waals surface area contributed by atoms with E-state index in [1.54, 1.807) is 42.6 Å². The summed E-state index contributed by atoms with van der Waals surface area (Å²) in [4.78, 5) is 28.4. The fourth-order valence-electron chi connectivity index (χ4n) is 2.24. The van der Waals surface area contributed by atoms with E-state index in [4.69, 9.17) is 23.2 Å². The minimum atomic E-state index is -0.261. The average Bonchev–Trinajstić information content (AvgIpc) is 2.62. The Labute approximate surface area is 153 Å². The van der Waals surface area contributed by atoms with Gasteiger partial charge in [-0.3, -0.25) is 14.0 Å². The van der Waals surface area contributed by atoms with E-state index in [0.717, 1.165) is 5.56 Å². The molecular formula is C17H14Cl2N4O2. The molecule has 0 saturated heterocycles. The van der Waals surface area contributed by atoms with Gasteiger partial charge in [-0.25, -0.2) is 4.98 Å². The normalized spacial score (nSPS) is 10.6. The molecule has 0 aliphatic heterocycles. The lowest BCUT2D eigenvalue weighted by molar-refractivity contribution is -0.119. The molecule has 6 nitrogen and oxygen atoms in total. The molecule has 3 rings (SSSR count). The third-order valence-electron chi connectivity index (χ3n) is 3.53. The van der Waals surface area contributed by atoms with Gasteiger partial charge in [-0.05, 0) is 29.8 Å². The van der Waals surface area contributed by atoms with Gasteiger partial charge in [-0.15, -0.1) is 0 Å². The first-order valence-corrected chi connectivity index (χ1v) is 8.21. The van der Waals surface area contributed by atoms with Crippen LogP contribution in [0.25, 0.3) is 5.65 Å². The van der Waals surface area contributed by atoms with Gasteiger partial charge in [0.05, 0.1) is 22.8 Å². The molecule has 0 atom stereocenters. The maximum Gasteiger partial charge on any atom is 0.281 e. The Kier molecular flexibility index (Phi) is 5.21. The zero-order valence-electron chi connectivity index (χ0n) is 13.0. The zero-order valence-corrected chi connectivity index (χ0v) is 14.5. The van der Waals surface area contributed by atoms with Crippen molar-refractivity contribution in [2.75, 3.05) is 11.9 Å². The molecule has 128 valence electrons. The van der Waals surface area contributed by atoms with Gasteiger partial charge in [0.1, 0.15) is 11.3 Å². The van der Waals surface area contributed by atoms with Gasteiger partial charge in [-0.1, -0.05) is 35.3 Å². The minimum absolute atomic E-state index is 0.0445. The van der Waals surface area contributed by atoms with Crippen molar-refractivity contribution in [1.29, 1.82) is 0 Å². The number of pyridine rings is 1. The summed E-state index contributed by atoms with van der Waals surface area (Å²) in [6, 6.07) is 10.4. The number of benzene rings is 1. The number of carbonyl (C=O) groups is 1. The van der Waals surface area contributed by atoms with E-state index < -0.39 is 0 Å². The van der Waals surface area contributed by atoms with Gasteiger partial charge in [0.2, 0.25) is 5.91 Å². The van der Waals surface area contributed by atoms with Crippen molar-refractivity contribution in [2.24, 2.45) is 0 Å². The number of hydrogen-bond acceptors (Lipinski definition) is 4. The number of nitrogens with zero attached hydrogens (tertiary/aromatic N) is 2. The fraction of sp³-hybridized carbons (Fsp3) is 0.118. The highest BCUT2D eigenvalue weighted by molar-refractivity contribution is 6.42. The lowest BCUT2D eigenvalue weighted by atomic mass is 10.2. The molecular weight excluding hydrogens is 363 g/mol. The predicted octanol–water partition coefficient (Wildman–Crippen LogP) is 2.73. The number of rotatable bonds is 5. The fourth-order valence-corrected chi connectivity index (χ4v) is 2.56. The van der Waals surface area contributed by atoms with Gasteiger partial charge < -0.3 is 10.6 Å². The number of halogens is 2. The molecule has 0 fully saturated rings. The maximum absolute atomic E-state index is 12.3. The molecule has 3 aromatic rings. The van der Waals surface area contributed by atoms with E-state index in [0.29, 0.717) is 22.2 Å².